The second-order valence-electron chi connectivity index (χ2n) is 3.65. The van der Waals surface area contributed by atoms with Crippen molar-refractivity contribution >= 4 is 17.5 Å². The highest BCUT2D eigenvalue weighted by Crippen LogP contribution is 2.22. The Hall–Kier alpha value is -1.67. The van der Waals surface area contributed by atoms with Crippen molar-refractivity contribution in [3.63, 3.8) is 0 Å². The molecular formula is C11H13N3O. The van der Waals surface area contributed by atoms with Crippen LogP contribution < -0.4 is 4.90 Å². The van der Waals surface area contributed by atoms with E-state index in [1.807, 2.05) is 12.3 Å². The second-order valence-corrected chi connectivity index (χ2v) is 3.65. The van der Waals surface area contributed by atoms with Crippen molar-refractivity contribution in [3.05, 3.63) is 18.5 Å². The van der Waals surface area contributed by atoms with E-state index in [-0.39, 0.29) is 0 Å². The monoisotopic (exact) mass is 203 g/mol. The quantitative estimate of drug-likeness (QED) is 0.545. The zero-order valence-corrected chi connectivity index (χ0v) is 8.52. The fourth-order valence-electron chi connectivity index (χ4n) is 1.85. The van der Waals surface area contributed by atoms with Crippen molar-refractivity contribution in [2.24, 2.45) is 4.99 Å². The Balaban J connectivity index is 2.19. The van der Waals surface area contributed by atoms with Gasteiger partial charge in [0.15, 0.2) is 0 Å². The van der Waals surface area contributed by atoms with E-state index in [0.717, 1.165) is 18.8 Å². The molecule has 2 heterocycles. The van der Waals surface area contributed by atoms with Crippen LogP contribution in [0.5, 0.6) is 0 Å². The molecule has 15 heavy (non-hydrogen) atoms. The average Bonchev–Trinajstić information content (AvgIpc) is 2.31. The molecule has 0 unspecified atom stereocenters. The number of isocyanates is 1. The summed E-state index contributed by atoms with van der Waals surface area (Å²) in [6.45, 7) is 2.13. The summed E-state index contributed by atoms with van der Waals surface area (Å²) in [5, 5.41) is 0. The number of hydrogen-bond acceptors (Lipinski definition) is 4. The Morgan fingerprint density at radius 1 is 1.27 bits per heavy atom. The molecule has 1 aromatic heterocycles. The first-order valence-corrected chi connectivity index (χ1v) is 5.18. The van der Waals surface area contributed by atoms with Gasteiger partial charge in [-0.1, -0.05) is 0 Å². The summed E-state index contributed by atoms with van der Waals surface area (Å²) >= 11 is 0. The fraction of sp³-hybridized carbons (Fsp3) is 0.455. The van der Waals surface area contributed by atoms with Crippen molar-refractivity contribution in [1.29, 1.82) is 0 Å². The van der Waals surface area contributed by atoms with Crippen LogP contribution in [0.2, 0.25) is 0 Å². The van der Waals surface area contributed by atoms with E-state index >= 15 is 0 Å². The number of rotatable bonds is 2. The lowest BCUT2D eigenvalue weighted by molar-refractivity contribution is 0.565. The molecule has 0 aromatic carbocycles. The van der Waals surface area contributed by atoms with Gasteiger partial charge in [0.1, 0.15) is 0 Å². The van der Waals surface area contributed by atoms with Crippen LogP contribution in [-0.4, -0.2) is 24.2 Å². The molecule has 1 fully saturated rings. The predicted molar refractivity (Wildman–Crippen MR) is 58.1 cm³/mol. The summed E-state index contributed by atoms with van der Waals surface area (Å²) in [5.74, 6) is 0. The highest BCUT2D eigenvalue weighted by molar-refractivity contribution is 5.56. The van der Waals surface area contributed by atoms with Gasteiger partial charge in [-0.05, 0) is 25.3 Å². The largest absolute Gasteiger partial charge is 0.370 e. The molecule has 0 radical (unpaired) electrons. The van der Waals surface area contributed by atoms with E-state index in [0.29, 0.717) is 5.69 Å². The third-order valence-electron chi connectivity index (χ3n) is 2.61. The number of carbonyl (C=O) groups excluding carboxylic acids is 1. The maximum absolute atomic E-state index is 10.1. The molecular weight excluding hydrogens is 190 g/mol. The number of piperidine rings is 1. The second kappa shape index (κ2) is 4.71. The van der Waals surface area contributed by atoms with E-state index < -0.39 is 0 Å². The van der Waals surface area contributed by atoms with Crippen LogP contribution in [0.25, 0.3) is 0 Å². The minimum atomic E-state index is 0.577. The molecule has 0 aliphatic carbocycles. The smallest absolute Gasteiger partial charge is 0.240 e. The molecule has 0 N–H and O–H groups in total. The summed E-state index contributed by atoms with van der Waals surface area (Å²) in [6, 6.07) is 1.88. The van der Waals surface area contributed by atoms with Crippen molar-refractivity contribution < 1.29 is 4.79 Å². The van der Waals surface area contributed by atoms with Crippen LogP contribution in [0.3, 0.4) is 0 Å². The molecule has 4 nitrogen and oxygen atoms in total. The van der Waals surface area contributed by atoms with Crippen LogP contribution in [0.15, 0.2) is 23.5 Å². The molecule has 0 saturated carbocycles. The Labute approximate surface area is 88.7 Å². The summed E-state index contributed by atoms with van der Waals surface area (Å²) in [4.78, 5) is 20.0. The normalized spacial score (nSPS) is 15.9. The van der Waals surface area contributed by atoms with Crippen LogP contribution in [0, 0.1) is 0 Å². The molecule has 0 atom stereocenters. The molecule has 1 saturated heterocycles. The van der Waals surface area contributed by atoms with Gasteiger partial charge in [-0.25, -0.2) is 4.79 Å². The van der Waals surface area contributed by atoms with Crippen molar-refractivity contribution in [2.75, 3.05) is 18.0 Å². The number of aromatic nitrogens is 1. The zero-order valence-electron chi connectivity index (χ0n) is 8.52. The molecule has 1 aliphatic rings. The first kappa shape index (κ1) is 9.87. The van der Waals surface area contributed by atoms with Crippen LogP contribution in [-0.2, 0) is 4.79 Å². The lowest BCUT2D eigenvalue weighted by Gasteiger charge is -2.28. The van der Waals surface area contributed by atoms with E-state index in [4.69, 9.17) is 0 Å². The number of pyridine rings is 1. The number of aliphatic imine (C=N–C) groups is 1. The van der Waals surface area contributed by atoms with Gasteiger partial charge in [0.2, 0.25) is 6.08 Å². The van der Waals surface area contributed by atoms with E-state index in [2.05, 4.69) is 14.9 Å². The Morgan fingerprint density at radius 3 is 2.80 bits per heavy atom. The van der Waals surface area contributed by atoms with Gasteiger partial charge < -0.3 is 4.90 Å². The van der Waals surface area contributed by atoms with Crippen molar-refractivity contribution in [1.82, 2.24) is 4.98 Å². The summed E-state index contributed by atoms with van der Waals surface area (Å²) < 4.78 is 0. The maximum atomic E-state index is 10.1. The molecule has 0 bridgehead atoms. The van der Waals surface area contributed by atoms with E-state index in [1.54, 1.807) is 6.20 Å². The number of anilines is 1. The van der Waals surface area contributed by atoms with Crippen LogP contribution in [0.1, 0.15) is 19.3 Å². The SMILES string of the molecule is O=C=Nc1cncc(N2CCCCC2)c1. The van der Waals surface area contributed by atoms with Gasteiger partial charge in [-0.3, -0.25) is 4.98 Å². The fourth-order valence-corrected chi connectivity index (χ4v) is 1.85. The van der Waals surface area contributed by atoms with Gasteiger partial charge in [0.25, 0.3) is 0 Å². The van der Waals surface area contributed by atoms with Gasteiger partial charge in [0.05, 0.1) is 23.8 Å². The van der Waals surface area contributed by atoms with Gasteiger partial charge in [0, 0.05) is 13.1 Å². The van der Waals surface area contributed by atoms with Crippen molar-refractivity contribution in [3.8, 4) is 0 Å². The van der Waals surface area contributed by atoms with Crippen molar-refractivity contribution in [2.45, 2.75) is 19.3 Å². The van der Waals surface area contributed by atoms with Gasteiger partial charge in [-0.15, -0.1) is 0 Å². The minimum absolute atomic E-state index is 0.577. The lowest BCUT2D eigenvalue weighted by Crippen LogP contribution is -2.29. The molecule has 4 heteroatoms. The highest BCUT2D eigenvalue weighted by Gasteiger charge is 2.11. The first-order valence-electron chi connectivity index (χ1n) is 5.18. The summed E-state index contributed by atoms with van der Waals surface area (Å²) in [6.07, 6.45) is 8.66. The molecule has 0 spiro atoms. The molecule has 0 amide bonds. The average molecular weight is 203 g/mol. The third-order valence-corrected chi connectivity index (χ3v) is 2.61. The Morgan fingerprint density at radius 2 is 2.07 bits per heavy atom. The first-order chi connectivity index (χ1) is 7.40. The Kier molecular flexibility index (Phi) is 3.10. The maximum Gasteiger partial charge on any atom is 0.240 e. The number of hydrogen-bond donors (Lipinski definition) is 0. The summed E-state index contributed by atoms with van der Waals surface area (Å²) in [7, 11) is 0. The van der Waals surface area contributed by atoms with Gasteiger partial charge in [-0.2, -0.15) is 4.99 Å². The van der Waals surface area contributed by atoms with Crippen LogP contribution in [0.4, 0.5) is 11.4 Å². The van der Waals surface area contributed by atoms with Crippen LogP contribution >= 0.6 is 0 Å². The molecule has 1 aromatic rings. The zero-order chi connectivity index (χ0) is 10.5. The Bertz CT molecular complexity index is 379. The topological polar surface area (TPSA) is 45.6 Å². The third kappa shape index (κ3) is 2.42. The standard InChI is InChI=1S/C11H13N3O/c15-9-13-10-6-11(8-12-7-10)14-4-2-1-3-5-14/h6-8H,1-5H2. The number of nitrogens with zero attached hydrogens (tertiary/aromatic N) is 3. The van der Waals surface area contributed by atoms with E-state index in [1.165, 1.54) is 25.3 Å². The van der Waals surface area contributed by atoms with E-state index in [9.17, 15) is 4.79 Å². The molecule has 1 aliphatic heterocycles. The highest BCUT2D eigenvalue weighted by atomic mass is 16.1. The molecule has 2 rings (SSSR count). The van der Waals surface area contributed by atoms with Gasteiger partial charge >= 0.3 is 0 Å². The minimum Gasteiger partial charge on any atom is -0.370 e. The molecule has 78 valence electrons. The predicted octanol–water partition coefficient (Wildman–Crippen LogP) is 2.04. The summed E-state index contributed by atoms with van der Waals surface area (Å²) in [5.41, 5.74) is 1.62. The lowest BCUT2D eigenvalue weighted by atomic mass is 10.1.